The van der Waals surface area contributed by atoms with E-state index in [1.165, 1.54) is 0 Å². The van der Waals surface area contributed by atoms with Crippen LogP contribution in [0.3, 0.4) is 0 Å². The first kappa shape index (κ1) is 11.8. The van der Waals surface area contributed by atoms with Gasteiger partial charge in [0.25, 0.3) is 0 Å². The van der Waals surface area contributed by atoms with Crippen molar-refractivity contribution in [2.75, 3.05) is 13.2 Å². The Morgan fingerprint density at radius 3 is 2.62 bits per heavy atom. The number of nitrogens with one attached hydrogen (secondary N) is 1. The first-order valence-corrected chi connectivity index (χ1v) is 5.89. The Bertz CT molecular complexity index is 259. The van der Waals surface area contributed by atoms with Gasteiger partial charge >= 0.3 is 5.97 Å². The molecule has 92 valence electrons. The molecule has 0 radical (unpaired) electrons. The van der Waals surface area contributed by atoms with E-state index in [0.29, 0.717) is 13.0 Å². The van der Waals surface area contributed by atoms with Gasteiger partial charge in [0.15, 0.2) is 6.10 Å². The lowest BCUT2D eigenvalue weighted by Crippen LogP contribution is -2.55. The van der Waals surface area contributed by atoms with Crippen molar-refractivity contribution in [2.45, 2.75) is 49.9 Å². The molecule has 0 amide bonds. The van der Waals surface area contributed by atoms with Crippen LogP contribution in [0.2, 0.25) is 0 Å². The third-order valence-corrected chi connectivity index (χ3v) is 3.70. The lowest BCUT2D eigenvalue weighted by Gasteiger charge is -2.41. The average molecular weight is 229 g/mol. The van der Waals surface area contributed by atoms with Crippen molar-refractivity contribution in [3.8, 4) is 0 Å². The molecule has 2 fully saturated rings. The van der Waals surface area contributed by atoms with E-state index in [0.717, 1.165) is 25.7 Å². The minimum atomic E-state index is -0.872. The highest BCUT2D eigenvalue weighted by Crippen LogP contribution is 2.31. The van der Waals surface area contributed by atoms with Crippen LogP contribution in [0.5, 0.6) is 0 Å². The average Bonchev–Trinajstić information content (AvgIpc) is 2.65. The van der Waals surface area contributed by atoms with Gasteiger partial charge in [0.2, 0.25) is 0 Å². The van der Waals surface area contributed by atoms with Gasteiger partial charge in [0.05, 0.1) is 12.7 Å². The smallest absolute Gasteiger partial charge is 0.332 e. The summed E-state index contributed by atoms with van der Waals surface area (Å²) in [5, 5.41) is 21.3. The van der Waals surface area contributed by atoms with Gasteiger partial charge in [-0.25, -0.2) is 4.79 Å². The fourth-order valence-electron chi connectivity index (χ4n) is 2.36. The van der Waals surface area contributed by atoms with Gasteiger partial charge in [-0.2, -0.15) is 0 Å². The van der Waals surface area contributed by atoms with E-state index in [1.807, 2.05) is 0 Å². The van der Waals surface area contributed by atoms with Crippen LogP contribution in [0.15, 0.2) is 0 Å². The fourth-order valence-corrected chi connectivity index (χ4v) is 2.36. The molecule has 2 unspecified atom stereocenters. The first-order valence-electron chi connectivity index (χ1n) is 5.89. The number of ether oxygens (including phenoxy) is 1. The number of hydrogen-bond acceptors (Lipinski definition) is 4. The van der Waals surface area contributed by atoms with Crippen molar-refractivity contribution in [3.05, 3.63) is 0 Å². The third-order valence-electron chi connectivity index (χ3n) is 3.70. The summed E-state index contributed by atoms with van der Waals surface area (Å²) in [7, 11) is 0. The molecule has 5 heteroatoms. The topological polar surface area (TPSA) is 78.8 Å². The van der Waals surface area contributed by atoms with Crippen molar-refractivity contribution in [2.24, 2.45) is 0 Å². The normalized spacial score (nSPS) is 32.3. The minimum Gasteiger partial charge on any atom is -0.479 e. The van der Waals surface area contributed by atoms with Gasteiger partial charge in [-0.05, 0) is 32.1 Å². The van der Waals surface area contributed by atoms with Gasteiger partial charge in [-0.3, -0.25) is 0 Å². The Labute approximate surface area is 94.8 Å². The van der Waals surface area contributed by atoms with Gasteiger partial charge in [0.1, 0.15) is 0 Å². The van der Waals surface area contributed by atoms with E-state index in [1.54, 1.807) is 0 Å². The molecule has 2 rings (SSSR count). The fraction of sp³-hybridized carbons (Fsp3) is 0.909. The van der Waals surface area contributed by atoms with E-state index in [-0.39, 0.29) is 18.2 Å². The molecule has 1 heterocycles. The molecule has 2 aliphatic rings. The monoisotopic (exact) mass is 229 g/mol. The number of aliphatic hydroxyl groups is 1. The SMILES string of the molecule is O=C(O)C1CCC(CNC2(CO)CCC2)O1. The van der Waals surface area contributed by atoms with Crippen molar-refractivity contribution < 1.29 is 19.7 Å². The summed E-state index contributed by atoms with van der Waals surface area (Å²) < 4.78 is 5.39. The Kier molecular flexibility index (Phi) is 3.47. The molecule has 0 spiro atoms. The number of carbonyl (C=O) groups is 1. The molecule has 0 bridgehead atoms. The van der Waals surface area contributed by atoms with E-state index in [9.17, 15) is 9.90 Å². The Morgan fingerprint density at radius 1 is 1.44 bits per heavy atom. The number of aliphatic hydroxyl groups excluding tert-OH is 1. The van der Waals surface area contributed by atoms with Crippen LogP contribution in [0, 0.1) is 0 Å². The Morgan fingerprint density at radius 2 is 2.19 bits per heavy atom. The van der Waals surface area contributed by atoms with Gasteiger partial charge in [-0.1, -0.05) is 0 Å². The molecule has 1 saturated carbocycles. The molecular weight excluding hydrogens is 210 g/mol. The maximum absolute atomic E-state index is 10.7. The summed E-state index contributed by atoms with van der Waals surface area (Å²) in [6.45, 7) is 0.798. The maximum Gasteiger partial charge on any atom is 0.332 e. The summed E-state index contributed by atoms with van der Waals surface area (Å²) in [4.78, 5) is 10.7. The number of hydrogen-bond donors (Lipinski definition) is 3. The second-order valence-electron chi connectivity index (χ2n) is 4.84. The highest BCUT2D eigenvalue weighted by molar-refractivity contribution is 5.72. The Hall–Kier alpha value is -0.650. The number of rotatable bonds is 5. The molecule has 1 aliphatic carbocycles. The highest BCUT2D eigenvalue weighted by Gasteiger charge is 2.37. The second kappa shape index (κ2) is 4.69. The third kappa shape index (κ3) is 2.36. The van der Waals surface area contributed by atoms with Gasteiger partial charge in [0, 0.05) is 12.1 Å². The number of aliphatic carboxylic acids is 1. The van der Waals surface area contributed by atoms with Crippen LogP contribution < -0.4 is 5.32 Å². The zero-order valence-corrected chi connectivity index (χ0v) is 9.32. The van der Waals surface area contributed by atoms with Crippen molar-refractivity contribution in [1.29, 1.82) is 0 Å². The molecule has 0 aromatic rings. The molecule has 3 N–H and O–H groups in total. The lowest BCUT2D eigenvalue weighted by atomic mass is 9.77. The minimum absolute atomic E-state index is 0.0230. The molecule has 2 atom stereocenters. The largest absolute Gasteiger partial charge is 0.479 e. The van der Waals surface area contributed by atoms with Crippen molar-refractivity contribution in [3.63, 3.8) is 0 Å². The summed E-state index contributed by atoms with van der Waals surface area (Å²) >= 11 is 0. The van der Waals surface area contributed by atoms with Crippen molar-refractivity contribution in [1.82, 2.24) is 5.32 Å². The van der Waals surface area contributed by atoms with E-state index in [2.05, 4.69) is 5.32 Å². The zero-order chi connectivity index (χ0) is 11.6. The highest BCUT2D eigenvalue weighted by atomic mass is 16.5. The molecular formula is C11H19NO4. The molecule has 16 heavy (non-hydrogen) atoms. The molecule has 1 aliphatic heterocycles. The van der Waals surface area contributed by atoms with Crippen LogP contribution >= 0.6 is 0 Å². The summed E-state index contributed by atoms with van der Waals surface area (Å²) in [6, 6.07) is 0. The number of carboxylic acids is 1. The van der Waals surface area contributed by atoms with Gasteiger partial charge < -0.3 is 20.3 Å². The van der Waals surface area contributed by atoms with E-state index < -0.39 is 12.1 Å². The molecule has 1 saturated heterocycles. The van der Waals surface area contributed by atoms with Crippen LogP contribution in [-0.2, 0) is 9.53 Å². The summed E-state index contributed by atoms with van der Waals surface area (Å²) in [5.74, 6) is -0.872. The summed E-state index contributed by atoms with van der Waals surface area (Å²) in [5.41, 5.74) is -0.120. The van der Waals surface area contributed by atoms with Crippen molar-refractivity contribution >= 4 is 5.97 Å². The predicted octanol–water partition coefficient (Wildman–Crippen LogP) is 0.123. The lowest BCUT2D eigenvalue weighted by molar-refractivity contribution is -0.149. The Balaban J connectivity index is 1.73. The zero-order valence-electron chi connectivity index (χ0n) is 9.32. The predicted molar refractivity (Wildman–Crippen MR) is 57.2 cm³/mol. The molecule has 0 aromatic carbocycles. The van der Waals surface area contributed by atoms with Gasteiger partial charge in [-0.15, -0.1) is 0 Å². The number of carboxylic acid groups (broad SMARTS) is 1. The van der Waals surface area contributed by atoms with Crippen LogP contribution in [0.1, 0.15) is 32.1 Å². The van der Waals surface area contributed by atoms with Crippen LogP contribution in [0.25, 0.3) is 0 Å². The standard InChI is InChI=1S/C11H19NO4/c13-7-11(4-1-5-11)12-6-8-2-3-9(16-8)10(14)15/h8-9,12-13H,1-7H2,(H,14,15). The maximum atomic E-state index is 10.7. The quantitative estimate of drug-likeness (QED) is 0.624. The molecule has 0 aromatic heterocycles. The van der Waals surface area contributed by atoms with E-state index in [4.69, 9.17) is 9.84 Å². The van der Waals surface area contributed by atoms with Crippen LogP contribution in [0.4, 0.5) is 0 Å². The summed E-state index contributed by atoms with van der Waals surface area (Å²) in [6.07, 6.45) is 3.86. The second-order valence-corrected chi connectivity index (χ2v) is 4.84. The van der Waals surface area contributed by atoms with Crippen LogP contribution in [-0.4, -0.2) is 47.1 Å². The van der Waals surface area contributed by atoms with E-state index >= 15 is 0 Å². The molecule has 5 nitrogen and oxygen atoms in total. The first-order chi connectivity index (χ1) is 7.65.